The van der Waals surface area contributed by atoms with Crippen LogP contribution in [0.2, 0.25) is 0 Å². The molecular formula is C36H60. The van der Waals surface area contributed by atoms with Gasteiger partial charge in [0.05, 0.1) is 0 Å². The van der Waals surface area contributed by atoms with Gasteiger partial charge in [-0.15, -0.1) is 6.58 Å². The molecule has 0 spiro atoms. The van der Waals surface area contributed by atoms with Crippen LogP contribution >= 0.6 is 0 Å². The molecule has 0 amide bonds. The Bertz CT molecular complexity index is 849. The van der Waals surface area contributed by atoms with Crippen molar-refractivity contribution in [3.8, 4) is 0 Å². The van der Waals surface area contributed by atoms with Crippen molar-refractivity contribution >= 4 is 0 Å². The summed E-state index contributed by atoms with van der Waals surface area (Å²) in [6.45, 7) is 26.0. The molecule has 4 fully saturated rings. The number of allylic oxidation sites excluding steroid dienone is 5. The minimum atomic E-state index is 0.344. The maximum atomic E-state index is 4.03. The van der Waals surface area contributed by atoms with E-state index in [1.54, 1.807) is 12.0 Å². The molecule has 36 heavy (non-hydrogen) atoms. The van der Waals surface area contributed by atoms with Gasteiger partial charge in [0.25, 0.3) is 0 Å². The normalized spacial score (nSPS) is 36.3. The minimum Gasteiger partial charge on any atom is -0.103 e. The van der Waals surface area contributed by atoms with Crippen molar-refractivity contribution in [2.24, 2.45) is 64.1 Å². The zero-order chi connectivity index (χ0) is 26.4. The Labute approximate surface area is 225 Å². The van der Waals surface area contributed by atoms with E-state index in [1.807, 2.05) is 11.1 Å². The Hall–Kier alpha value is -0.780. The maximum Gasteiger partial charge on any atom is -0.0109 e. The summed E-state index contributed by atoms with van der Waals surface area (Å²) >= 11 is 0. The van der Waals surface area contributed by atoms with Crippen LogP contribution in [0.25, 0.3) is 0 Å². The van der Waals surface area contributed by atoms with Crippen molar-refractivity contribution in [2.45, 2.75) is 127 Å². The Kier molecular flexibility index (Phi) is 8.45. The topological polar surface area (TPSA) is 0 Å². The van der Waals surface area contributed by atoms with Gasteiger partial charge in [-0.1, -0.05) is 104 Å². The monoisotopic (exact) mass is 492 g/mol. The predicted molar refractivity (Wildman–Crippen MR) is 159 cm³/mol. The summed E-state index contributed by atoms with van der Waals surface area (Å²) in [5, 5.41) is 0. The standard InChI is InChI=1S/C36H60/c1-11-13-17-36-22-33(36)34(36)28(18-25(7)26(8)23(3)4)19-27-14-15-29(27)30-20-31(30)32(24(5)6)21-35(9,10)16-12-2/h12,19,23-27,29-30,33-34H,2,11,13-18,20-22H2,1,3-10H3. The number of rotatable bonds is 15. The van der Waals surface area contributed by atoms with E-state index in [0.717, 1.165) is 59.2 Å². The molecule has 0 heterocycles. The van der Waals surface area contributed by atoms with Crippen molar-refractivity contribution < 1.29 is 0 Å². The van der Waals surface area contributed by atoms with E-state index < -0.39 is 0 Å². The Balaban J connectivity index is 1.48. The van der Waals surface area contributed by atoms with Crippen LogP contribution in [0.5, 0.6) is 0 Å². The summed E-state index contributed by atoms with van der Waals surface area (Å²) in [5.41, 5.74) is 6.68. The summed E-state index contributed by atoms with van der Waals surface area (Å²) in [5.74, 6) is 7.83. The smallest absolute Gasteiger partial charge is 0.0109 e. The quantitative estimate of drug-likeness (QED) is 0.199. The van der Waals surface area contributed by atoms with Gasteiger partial charge in [-0.25, -0.2) is 0 Å². The average Bonchev–Trinajstić information content (AvgIpc) is 3.69. The molecule has 0 heteroatoms. The van der Waals surface area contributed by atoms with Crippen molar-refractivity contribution in [3.63, 3.8) is 0 Å². The van der Waals surface area contributed by atoms with Gasteiger partial charge in [-0.05, 0) is 115 Å². The molecule has 0 aliphatic heterocycles. The van der Waals surface area contributed by atoms with E-state index in [4.69, 9.17) is 0 Å². The first kappa shape index (κ1) is 28.2. The van der Waals surface area contributed by atoms with Crippen molar-refractivity contribution in [3.05, 3.63) is 35.5 Å². The van der Waals surface area contributed by atoms with E-state index in [9.17, 15) is 0 Å². The van der Waals surface area contributed by atoms with Gasteiger partial charge in [-0.3, -0.25) is 0 Å². The molecular weight excluding hydrogens is 432 g/mol. The molecule has 0 bridgehead atoms. The van der Waals surface area contributed by atoms with E-state index >= 15 is 0 Å². The van der Waals surface area contributed by atoms with Crippen LogP contribution in [-0.2, 0) is 0 Å². The van der Waals surface area contributed by atoms with Crippen LogP contribution in [0.1, 0.15) is 127 Å². The largest absolute Gasteiger partial charge is 0.103 e. The molecule has 4 aliphatic carbocycles. The molecule has 4 rings (SSSR count). The fraction of sp³-hybridized carbons (Fsp3) is 0.833. The minimum absolute atomic E-state index is 0.344. The first-order valence-corrected chi connectivity index (χ1v) is 16.0. The molecule has 8 unspecified atom stereocenters. The highest BCUT2D eigenvalue weighted by molar-refractivity contribution is 5.38. The molecule has 0 saturated heterocycles. The van der Waals surface area contributed by atoms with Gasteiger partial charge >= 0.3 is 0 Å². The van der Waals surface area contributed by atoms with E-state index in [-0.39, 0.29) is 0 Å². The van der Waals surface area contributed by atoms with Gasteiger partial charge in [-0.2, -0.15) is 0 Å². The van der Waals surface area contributed by atoms with Crippen LogP contribution < -0.4 is 0 Å². The van der Waals surface area contributed by atoms with Gasteiger partial charge in [0.15, 0.2) is 0 Å². The first-order chi connectivity index (χ1) is 17.0. The molecule has 0 aromatic heterocycles. The second-order valence-electron chi connectivity index (χ2n) is 15.4. The molecule has 4 saturated carbocycles. The molecule has 8 atom stereocenters. The third-order valence-electron chi connectivity index (χ3n) is 11.5. The van der Waals surface area contributed by atoms with Crippen molar-refractivity contribution in [2.75, 3.05) is 0 Å². The Morgan fingerprint density at radius 2 is 1.83 bits per heavy atom. The zero-order valence-electron chi connectivity index (χ0n) is 25.6. The van der Waals surface area contributed by atoms with Crippen LogP contribution in [0.15, 0.2) is 35.5 Å². The van der Waals surface area contributed by atoms with Crippen LogP contribution in [0, 0.1) is 64.1 Å². The fourth-order valence-electron chi connectivity index (χ4n) is 8.26. The lowest BCUT2D eigenvalue weighted by atomic mass is 9.68. The lowest BCUT2D eigenvalue weighted by molar-refractivity contribution is 0.198. The average molecular weight is 493 g/mol. The highest BCUT2D eigenvalue weighted by Gasteiger charge is 2.77. The molecule has 4 aliphatic rings. The van der Waals surface area contributed by atoms with E-state index in [1.165, 1.54) is 51.4 Å². The SMILES string of the molecule is C=CCC(C)(C)CC(=C1CC1C1CCC1C=C(CC(C)C(C)C(C)C)C1C2CC21CCCC)C(C)C. The van der Waals surface area contributed by atoms with Gasteiger partial charge < -0.3 is 0 Å². The van der Waals surface area contributed by atoms with Gasteiger partial charge in [0, 0.05) is 0 Å². The second kappa shape index (κ2) is 10.8. The Morgan fingerprint density at radius 1 is 1.11 bits per heavy atom. The lowest BCUT2D eigenvalue weighted by Gasteiger charge is -2.37. The van der Waals surface area contributed by atoms with E-state index in [0.29, 0.717) is 11.3 Å². The van der Waals surface area contributed by atoms with Crippen LogP contribution in [0.3, 0.4) is 0 Å². The van der Waals surface area contributed by atoms with Gasteiger partial charge in [0.2, 0.25) is 0 Å². The summed E-state index contributed by atoms with van der Waals surface area (Å²) in [7, 11) is 0. The van der Waals surface area contributed by atoms with Gasteiger partial charge in [0.1, 0.15) is 0 Å². The third-order valence-corrected chi connectivity index (χ3v) is 11.5. The number of unbranched alkanes of at least 4 members (excludes halogenated alkanes) is 1. The molecule has 0 aromatic rings. The number of fused-ring (bicyclic) bond motifs is 1. The third kappa shape index (κ3) is 5.78. The number of hydrogen-bond donors (Lipinski definition) is 0. The lowest BCUT2D eigenvalue weighted by Crippen LogP contribution is -2.27. The number of hydrogen-bond acceptors (Lipinski definition) is 0. The summed E-state index contributed by atoms with van der Waals surface area (Å²) in [4.78, 5) is 0. The molecule has 204 valence electrons. The fourth-order valence-corrected chi connectivity index (χ4v) is 8.26. The highest BCUT2D eigenvalue weighted by atomic mass is 14.8. The molecule has 0 aromatic carbocycles. The zero-order valence-corrected chi connectivity index (χ0v) is 25.6. The predicted octanol–water partition coefficient (Wildman–Crippen LogP) is 11.0. The van der Waals surface area contributed by atoms with Crippen molar-refractivity contribution in [1.82, 2.24) is 0 Å². The summed E-state index contributed by atoms with van der Waals surface area (Å²) in [6, 6.07) is 0. The summed E-state index contributed by atoms with van der Waals surface area (Å²) in [6.07, 6.45) is 19.0. The molecule has 0 N–H and O–H groups in total. The van der Waals surface area contributed by atoms with Crippen molar-refractivity contribution in [1.29, 1.82) is 0 Å². The molecule has 0 radical (unpaired) electrons. The Morgan fingerprint density at radius 3 is 2.36 bits per heavy atom. The second-order valence-corrected chi connectivity index (χ2v) is 15.4. The van der Waals surface area contributed by atoms with E-state index in [2.05, 4.69) is 81.0 Å². The first-order valence-electron chi connectivity index (χ1n) is 16.0. The highest BCUT2D eigenvalue weighted by Crippen LogP contribution is 2.84. The van der Waals surface area contributed by atoms with Crippen LogP contribution in [0.4, 0.5) is 0 Å². The van der Waals surface area contributed by atoms with Crippen LogP contribution in [-0.4, -0.2) is 0 Å². The molecule has 0 nitrogen and oxygen atoms in total. The maximum absolute atomic E-state index is 4.03. The summed E-state index contributed by atoms with van der Waals surface area (Å²) < 4.78 is 0.